The summed E-state index contributed by atoms with van der Waals surface area (Å²) in [5, 5.41) is 0. The summed E-state index contributed by atoms with van der Waals surface area (Å²) < 4.78 is 0. The van der Waals surface area contributed by atoms with Gasteiger partial charge in [0.1, 0.15) is 0 Å². The molecule has 0 saturated heterocycles. The molecule has 0 aromatic heterocycles. The van der Waals surface area contributed by atoms with Crippen molar-refractivity contribution in [3.63, 3.8) is 0 Å². The van der Waals surface area contributed by atoms with Crippen LogP contribution in [0.2, 0.25) is 0 Å². The van der Waals surface area contributed by atoms with Crippen LogP contribution in [-0.4, -0.2) is 5.78 Å². The predicted molar refractivity (Wildman–Crippen MR) is 59.5 cm³/mol. The molecule has 1 aromatic carbocycles. The maximum absolute atomic E-state index is 11.7. The Morgan fingerprint density at radius 2 is 2.00 bits per heavy atom. The summed E-state index contributed by atoms with van der Waals surface area (Å²) in [6.07, 6.45) is 2.68. The van der Waals surface area contributed by atoms with Gasteiger partial charge in [-0.3, -0.25) is 4.79 Å². The second-order valence-electron chi connectivity index (χ2n) is 3.44. The zero-order valence-corrected chi connectivity index (χ0v) is 8.79. The van der Waals surface area contributed by atoms with E-state index in [0.717, 1.165) is 12.0 Å². The van der Waals surface area contributed by atoms with Gasteiger partial charge in [-0.25, -0.2) is 0 Å². The van der Waals surface area contributed by atoms with Gasteiger partial charge in [0.15, 0.2) is 5.78 Å². The van der Waals surface area contributed by atoms with E-state index in [9.17, 15) is 4.79 Å². The van der Waals surface area contributed by atoms with Gasteiger partial charge in [0.05, 0.1) is 0 Å². The summed E-state index contributed by atoms with van der Waals surface area (Å²) in [5.41, 5.74) is 2.03. The van der Waals surface area contributed by atoms with Gasteiger partial charge in [0.2, 0.25) is 0 Å². The Balaban J connectivity index is 2.86. The van der Waals surface area contributed by atoms with Gasteiger partial charge in [-0.15, -0.1) is 6.58 Å². The van der Waals surface area contributed by atoms with E-state index in [1.807, 2.05) is 31.2 Å². The summed E-state index contributed by atoms with van der Waals surface area (Å²) >= 11 is 0. The third kappa shape index (κ3) is 2.32. The van der Waals surface area contributed by atoms with Crippen LogP contribution in [0.1, 0.15) is 29.8 Å². The number of hydrogen-bond donors (Lipinski definition) is 0. The molecule has 0 radical (unpaired) electrons. The molecule has 1 atom stereocenters. The van der Waals surface area contributed by atoms with E-state index in [1.165, 1.54) is 5.56 Å². The summed E-state index contributed by atoms with van der Waals surface area (Å²) in [7, 11) is 0. The molecule has 1 nitrogen and oxygen atoms in total. The van der Waals surface area contributed by atoms with Gasteiger partial charge in [-0.1, -0.05) is 44.2 Å². The first-order valence-electron chi connectivity index (χ1n) is 4.94. The van der Waals surface area contributed by atoms with Gasteiger partial charge in [-0.2, -0.15) is 0 Å². The number of aryl methyl sites for hydroxylation is 1. The van der Waals surface area contributed by atoms with Crippen molar-refractivity contribution in [2.45, 2.75) is 20.3 Å². The van der Waals surface area contributed by atoms with E-state index >= 15 is 0 Å². The zero-order chi connectivity index (χ0) is 10.6. The van der Waals surface area contributed by atoms with Gasteiger partial charge in [0, 0.05) is 11.5 Å². The molecule has 0 amide bonds. The van der Waals surface area contributed by atoms with E-state index in [-0.39, 0.29) is 11.7 Å². The molecule has 0 heterocycles. The van der Waals surface area contributed by atoms with E-state index < -0.39 is 0 Å². The van der Waals surface area contributed by atoms with Crippen LogP contribution in [0.25, 0.3) is 0 Å². The molecule has 1 aromatic rings. The number of benzene rings is 1. The number of rotatable bonds is 4. The lowest BCUT2D eigenvalue weighted by atomic mass is 9.98. The minimum Gasteiger partial charge on any atom is -0.294 e. The van der Waals surface area contributed by atoms with E-state index in [1.54, 1.807) is 6.08 Å². The Morgan fingerprint density at radius 1 is 1.43 bits per heavy atom. The third-order valence-electron chi connectivity index (χ3n) is 2.41. The highest BCUT2D eigenvalue weighted by molar-refractivity contribution is 5.98. The number of carbonyl (C=O) groups excluding carboxylic acids is 1. The first-order chi connectivity index (χ1) is 6.69. The van der Waals surface area contributed by atoms with Crippen LogP contribution in [0.15, 0.2) is 36.9 Å². The summed E-state index contributed by atoms with van der Waals surface area (Å²) in [5.74, 6) is 0.0464. The second-order valence-corrected chi connectivity index (χ2v) is 3.44. The fourth-order valence-corrected chi connectivity index (χ4v) is 1.27. The summed E-state index contributed by atoms with van der Waals surface area (Å²) in [6.45, 7) is 7.58. The Morgan fingerprint density at radius 3 is 2.43 bits per heavy atom. The lowest BCUT2D eigenvalue weighted by Crippen LogP contribution is -2.08. The van der Waals surface area contributed by atoms with Crippen LogP contribution in [-0.2, 0) is 6.42 Å². The maximum atomic E-state index is 11.7. The highest BCUT2D eigenvalue weighted by atomic mass is 16.1. The second kappa shape index (κ2) is 4.75. The lowest BCUT2D eigenvalue weighted by molar-refractivity contribution is 0.0953. The number of Topliss-reactive ketones (excluding diaryl/α,β-unsaturated/α-hetero) is 1. The highest BCUT2D eigenvalue weighted by Gasteiger charge is 2.10. The molecular weight excluding hydrogens is 172 g/mol. The van der Waals surface area contributed by atoms with Crippen LogP contribution in [0.5, 0.6) is 0 Å². The fourth-order valence-electron chi connectivity index (χ4n) is 1.27. The van der Waals surface area contributed by atoms with Crippen molar-refractivity contribution in [2.24, 2.45) is 5.92 Å². The predicted octanol–water partition coefficient (Wildman–Crippen LogP) is 3.25. The van der Waals surface area contributed by atoms with Crippen LogP contribution < -0.4 is 0 Å². The van der Waals surface area contributed by atoms with E-state index in [4.69, 9.17) is 0 Å². The van der Waals surface area contributed by atoms with Crippen molar-refractivity contribution in [3.8, 4) is 0 Å². The topological polar surface area (TPSA) is 17.1 Å². The molecule has 0 fully saturated rings. The van der Waals surface area contributed by atoms with Crippen LogP contribution in [0.3, 0.4) is 0 Å². The molecule has 74 valence electrons. The van der Waals surface area contributed by atoms with Crippen LogP contribution >= 0.6 is 0 Å². The Hall–Kier alpha value is -1.37. The molecule has 1 heteroatoms. The number of carbonyl (C=O) groups is 1. The molecule has 14 heavy (non-hydrogen) atoms. The molecule has 0 spiro atoms. The van der Waals surface area contributed by atoms with Gasteiger partial charge in [-0.05, 0) is 12.0 Å². The standard InChI is InChI=1S/C13H16O/c1-4-10(3)13(14)12-8-6-11(5-2)7-9-12/h4,6-10H,1,5H2,2-3H3. The molecule has 0 bridgehead atoms. The lowest BCUT2D eigenvalue weighted by Gasteiger charge is -2.05. The third-order valence-corrected chi connectivity index (χ3v) is 2.41. The van der Waals surface area contributed by atoms with E-state index in [0.29, 0.717) is 0 Å². The molecule has 0 saturated carbocycles. The van der Waals surface area contributed by atoms with Crippen molar-refractivity contribution in [2.75, 3.05) is 0 Å². The van der Waals surface area contributed by atoms with Gasteiger partial charge >= 0.3 is 0 Å². The minimum atomic E-state index is -0.0949. The quantitative estimate of drug-likeness (QED) is 0.523. The largest absolute Gasteiger partial charge is 0.294 e. The molecule has 0 N–H and O–H groups in total. The number of ketones is 1. The molecule has 0 aliphatic heterocycles. The molecule has 0 aliphatic carbocycles. The van der Waals surface area contributed by atoms with Crippen molar-refractivity contribution in [3.05, 3.63) is 48.0 Å². The number of hydrogen-bond acceptors (Lipinski definition) is 1. The number of allylic oxidation sites excluding steroid dienone is 1. The SMILES string of the molecule is C=CC(C)C(=O)c1ccc(CC)cc1. The first kappa shape index (κ1) is 10.7. The normalized spacial score (nSPS) is 12.1. The fraction of sp³-hybridized carbons (Fsp3) is 0.308. The van der Waals surface area contributed by atoms with Crippen LogP contribution in [0, 0.1) is 5.92 Å². The summed E-state index contributed by atoms with van der Waals surface area (Å²) in [6, 6.07) is 7.79. The van der Waals surface area contributed by atoms with Crippen molar-refractivity contribution in [1.29, 1.82) is 0 Å². The Bertz CT molecular complexity index is 322. The first-order valence-corrected chi connectivity index (χ1v) is 4.94. The molecule has 1 rings (SSSR count). The highest BCUT2D eigenvalue weighted by Crippen LogP contribution is 2.11. The zero-order valence-electron chi connectivity index (χ0n) is 8.79. The average Bonchev–Trinajstić information content (AvgIpc) is 2.27. The van der Waals surface area contributed by atoms with Gasteiger partial charge < -0.3 is 0 Å². The minimum absolute atomic E-state index is 0.0949. The average molecular weight is 188 g/mol. The van der Waals surface area contributed by atoms with Crippen molar-refractivity contribution in [1.82, 2.24) is 0 Å². The molecular formula is C13H16O. The van der Waals surface area contributed by atoms with E-state index in [2.05, 4.69) is 13.5 Å². The molecule has 0 aliphatic rings. The smallest absolute Gasteiger partial charge is 0.169 e. The monoisotopic (exact) mass is 188 g/mol. The van der Waals surface area contributed by atoms with Crippen molar-refractivity contribution < 1.29 is 4.79 Å². The Labute approximate surface area is 85.5 Å². The van der Waals surface area contributed by atoms with Crippen LogP contribution in [0.4, 0.5) is 0 Å². The van der Waals surface area contributed by atoms with Gasteiger partial charge in [0.25, 0.3) is 0 Å². The molecule has 1 unspecified atom stereocenters. The summed E-state index contributed by atoms with van der Waals surface area (Å²) in [4.78, 5) is 11.7. The Kier molecular flexibility index (Phi) is 3.63. The maximum Gasteiger partial charge on any atom is 0.169 e. The van der Waals surface area contributed by atoms with Crippen molar-refractivity contribution >= 4 is 5.78 Å².